The second kappa shape index (κ2) is 7.20. The Morgan fingerprint density at radius 3 is 2.23 bits per heavy atom. The Balaban J connectivity index is 2.20. The Hall–Kier alpha value is -2.17. The number of benzene rings is 1. The average Bonchev–Trinajstić information content (AvgIpc) is 2.48. The fraction of sp³-hybridized carbons (Fsp3) is 0.471. The van der Waals surface area contributed by atoms with E-state index in [1.165, 1.54) is 0 Å². The number of carbonyl (C=O) groups is 1. The molecule has 0 unspecified atom stereocenters. The van der Waals surface area contributed by atoms with E-state index in [0.29, 0.717) is 0 Å². The van der Waals surface area contributed by atoms with Crippen LogP contribution < -0.4 is 5.32 Å². The highest BCUT2D eigenvalue weighted by atomic mass is 16.2. The van der Waals surface area contributed by atoms with Crippen molar-refractivity contribution in [2.75, 3.05) is 18.4 Å². The van der Waals surface area contributed by atoms with Gasteiger partial charge in [-0.2, -0.15) is 0 Å². The van der Waals surface area contributed by atoms with Gasteiger partial charge in [0.1, 0.15) is 0 Å². The van der Waals surface area contributed by atoms with Crippen molar-refractivity contribution in [2.45, 2.75) is 40.5 Å². The van der Waals surface area contributed by atoms with Crippen molar-refractivity contribution in [3.63, 3.8) is 0 Å². The predicted octanol–water partition coefficient (Wildman–Crippen LogP) is 3.90. The smallest absolute Gasteiger partial charge is 0.321 e. The van der Waals surface area contributed by atoms with Crippen LogP contribution in [-0.4, -0.2) is 34.0 Å². The van der Waals surface area contributed by atoms with Gasteiger partial charge in [0.2, 0.25) is 0 Å². The molecule has 2 amide bonds. The van der Waals surface area contributed by atoms with Crippen LogP contribution in [-0.2, 0) is 0 Å². The van der Waals surface area contributed by atoms with Crippen molar-refractivity contribution in [2.24, 2.45) is 0 Å². The summed E-state index contributed by atoms with van der Waals surface area (Å²) in [6, 6.07) is 5.59. The lowest BCUT2D eigenvalue weighted by molar-refractivity contribution is 0.211. The molecule has 0 aliphatic rings. The summed E-state index contributed by atoms with van der Waals surface area (Å²) in [5, 5.41) is 2.96. The maximum absolute atomic E-state index is 12.3. The highest BCUT2D eigenvalue weighted by Crippen LogP contribution is 2.18. The Morgan fingerprint density at radius 1 is 1.05 bits per heavy atom. The fourth-order valence-electron chi connectivity index (χ4n) is 2.37. The zero-order valence-electron chi connectivity index (χ0n) is 13.8. The summed E-state index contributed by atoms with van der Waals surface area (Å²) in [6.07, 6.45) is 1.91. The van der Waals surface area contributed by atoms with Crippen LogP contribution in [0.1, 0.15) is 38.1 Å². The summed E-state index contributed by atoms with van der Waals surface area (Å²) in [6.45, 7) is 9.58. The third-order valence-corrected chi connectivity index (χ3v) is 3.60. The number of aromatic nitrogens is 2. The highest BCUT2D eigenvalue weighted by Gasteiger charge is 2.12. The number of anilines is 1. The molecule has 0 saturated carbocycles. The minimum absolute atomic E-state index is 0.0557. The van der Waals surface area contributed by atoms with Gasteiger partial charge in [-0.1, -0.05) is 13.8 Å². The zero-order chi connectivity index (χ0) is 16.1. The molecule has 1 N–H and O–H groups in total. The van der Waals surface area contributed by atoms with Gasteiger partial charge in [0, 0.05) is 18.8 Å². The molecule has 0 atom stereocenters. The number of urea groups is 1. The Morgan fingerprint density at radius 2 is 1.64 bits per heavy atom. The molecule has 1 heterocycles. The van der Waals surface area contributed by atoms with Gasteiger partial charge in [0.15, 0.2) is 0 Å². The molecule has 1 aromatic heterocycles. The van der Waals surface area contributed by atoms with Crippen molar-refractivity contribution < 1.29 is 4.79 Å². The quantitative estimate of drug-likeness (QED) is 0.911. The van der Waals surface area contributed by atoms with Gasteiger partial charge in [-0.25, -0.2) is 14.8 Å². The van der Waals surface area contributed by atoms with E-state index < -0.39 is 0 Å². The van der Waals surface area contributed by atoms with Crippen molar-refractivity contribution in [3.05, 3.63) is 29.6 Å². The Bertz CT molecular complexity index is 663. The highest BCUT2D eigenvalue weighted by molar-refractivity contribution is 5.91. The van der Waals surface area contributed by atoms with Crippen LogP contribution in [0.25, 0.3) is 11.0 Å². The van der Waals surface area contributed by atoms with Crippen molar-refractivity contribution >= 4 is 22.8 Å². The van der Waals surface area contributed by atoms with Crippen LogP contribution in [0.3, 0.4) is 0 Å². The van der Waals surface area contributed by atoms with E-state index in [0.717, 1.165) is 54.0 Å². The molecule has 0 saturated heterocycles. The molecule has 1 aromatic carbocycles. The lowest BCUT2D eigenvalue weighted by Gasteiger charge is -2.22. The number of nitrogens with one attached hydrogen (secondary N) is 1. The first kappa shape index (κ1) is 16.2. The average molecular weight is 300 g/mol. The van der Waals surface area contributed by atoms with Gasteiger partial charge < -0.3 is 10.2 Å². The second-order valence-electron chi connectivity index (χ2n) is 5.52. The molecule has 0 aliphatic carbocycles. The molecule has 2 rings (SSSR count). The van der Waals surface area contributed by atoms with Crippen molar-refractivity contribution in [3.8, 4) is 0 Å². The van der Waals surface area contributed by atoms with Crippen LogP contribution in [0.15, 0.2) is 18.2 Å². The van der Waals surface area contributed by atoms with Crippen LogP contribution >= 0.6 is 0 Å². The number of amides is 2. The van der Waals surface area contributed by atoms with Crippen LogP contribution in [0.2, 0.25) is 0 Å². The third kappa shape index (κ3) is 3.72. The summed E-state index contributed by atoms with van der Waals surface area (Å²) in [5.74, 6) is 0. The van der Waals surface area contributed by atoms with Gasteiger partial charge in [-0.15, -0.1) is 0 Å². The lowest BCUT2D eigenvalue weighted by Crippen LogP contribution is -2.36. The van der Waals surface area contributed by atoms with Crippen molar-refractivity contribution in [1.29, 1.82) is 0 Å². The number of hydrogen-bond acceptors (Lipinski definition) is 3. The zero-order valence-corrected chi connectivity index (χ0v) is 13.8. The summed E-state index contributed by atoms with van der Waals surface area (Å²) >= 11 is 0. The summed E-state index contributed by atoms with van der Waals surface area (Å²) in [4.78, 5) is 23.2. The molecule has 0 bridgehead atoms. The number of fused-ring (bicyclic) bond motifs is 1. The van der Waals surface area contributed by atoms with E-state index in [-0.39, 0.29) is 6.03 Å². The largest absolute Gasteiger partial charge is 0.325 e. The van der Waals surface area contributed by atoms with Gasteiger partial charge in [-0.05, 0) is 44.9 Å². The minimum Gasteiger partial charge on any atom is -0.325 e. The molecule has 0 radical (unpaired) electrons. The fourth-order valence-corrected chi connectivity index (χ4v) is 2.37. The van der Waals surface area contributed by atoms with E-state index in [9.17, 15) is 4.79 Å². The molecule has 5 heteroatoms. The number of carbonyl (C=O) groups excluding carboxylic acids is 1. The first-order chi connectivity index (χ1) is 10.5. The van der Waals surface area contributed by atoms with E-state index >= 15 is 0 Å². The molecular weight excluding hydrogens is 276 g/mol. The van der Waals surface area contributed by atoms with Crippen LogP contribution in [0.4, 0.5) is 10.5 Å². The van der Waals surface area contributed by atoms with E-state index in [2.05, 4.69) is 29.1 Å². The maximum atomic E-state index is 12.3. The molecular formula is C17H24N4O. The topological polar surface area (TPSA) is 58.1 Å². The first-order valence-corrected chi connectivity index (χ1v) is 7.86. The minimum atomic E-state index is -0.0557. The van der Waals surface area contributed by atoms with E-state index in [1.807, 2.05) is 36.9 Å². The van der Waals surface area contributed by atoms with E-state index in [4.69, 9.17) is 0 Å². The normalized spacial score (nSPS) is 10.7. The first-order valence-electron chi connectivity index (χ1n) is 7.86. The molecule has 5 nitrogen and oxygen atoms in total. The Kier molecular flexibility index (Phi) is 5.31. The predicted molar refractivity (Wildman–Crippen MR) is 90.2 cm³/mol. The standard InChI is InChI=1S/C17H24N4O/c1-5-9-21(10-6-2)17(22)20-14-7-8-15-16(11-14)19-13(4)12(3)18-15/h7-8,11H,5-6,9-10H2,1-4H3,(H,20,22). The number of nitrogens with zero attached hydrogens (tertiary/aromatic N) is 3. The second-order valence-corrected chi connectivity index (χ2v) is 5.52. The molecule has 22 heavy (non-hydrogen) atoms. The number of rotatable bonds is 5. The number of hydrogen-bond donors (Lipinski definition) is 1. The Labute approximate surface area is 131 Å². The molecule has 0 aliphatic heterocycles. The van der Waals surface area contributed by atoms with Crippen LogP contribution in [0.5, 0.6) is 0 Å². The summed E-state index contributed by atoms with van der Waals surface area (Å²) < 4.78 is 0. The molecule has 0 fully saturated rings. The molecule has 2 aromatic rings. The van der Waals surface area contributed by atoms with Gasteiger partial charge >= 0.3 is 6.03 Å². The number of aryl methyl sites for hydroxylation is 2. The lowest BCUT2D eigenvalue weighted by atomic mass is 10.2. The van der Waals surface area contributed by atoms with Crippen molar-refractivity contribution in [1.82, 2.24) is 14.9 Å². The monoisotopic (exact) mass is 300 g/mol. The SMILES string of the molecule is CCCN(CCC)C(=O)Nc1ccc2nc(C)c(C)nc2c1. The molecule has 0 spiro atoms. The molecule has 118 valence electrons. The summed E-state index contributed by atoms with van der Waals surface area (Å²) in [5.41, 5.74) is 4.25. The maximum Gasteiger partial charge on any atom is 0.321 e. The summed E-state index contributed by atoms with van der Waals surface area (Å²) in [7, 11) is 0. The van der Waals surface area contributed by atoms with Crippen LogP contribution in [0, 0.1) is 13.8 Å². The third-order valence-electron chi connectivity index (χ3n) is 3.60. The van der Waals surface area contributed by atoms with Gasteiger partial charge in [0.25, 0.3) is 0 Å². The van der Waals surface area contributed by atoms with Gasteiger partial charge in [-0.3, -0.25) is 0 Å². The van der Waals surface area contributed by atoms with Gasteiger partial charge in [0.05, 0.1) is 22.4 Å². The van der Waals surface area contributed by atoms with E-state index in [1.54, 1.807) is 0 Å².